The fraction of sp³-hybridized carbons (Fsp3) is 0.214. The smallest absolute Gasteiger partial charge is 0.338 e. The van der Waals surface area contributed by atoms with Gasteiger partial charge in [0.15, 0.2) is 12.4 Å². The van der Waals surface area contributed by atoms with E-state index in [1.807, 2.05) is 0 Å². The second kappa shape index (κ2) is 12.3. The van der Waals surface area contributed by atoms with Crippen LogP contribution in [-0.4, -0.2) is 56.3 Å². The standard InChI is InChI=1S/C28H22F4N6O5S/c1-35(2)12-18-24-26(39)37(22-10-11-23(34-33-22)43-14-21(31)32)28(40)36(13-17-19(29)4-3-5-20(17)30)27(24)44-25(18)15-6-8-16(9-7-15)38(41)42/h3-11,21H,12-14H2,1-2H3. The van der Waals surface area contributed by atoms with Gasteiger partial charge in [-0.05, 0) is 55.6 Å². The van der Waals surface area contributed by atoms with Crippen LogP contribution in [0.4, 0.5) is 23.2 Å². The van der Waals surface area contributed by atoms with Gasteiger partial charge in [-0.2, -0.15) is 0 Å². The largest absolute Gasteiger partial charge is 0.471 e. The molecule has 0 unspecified atom stereocenters. The molecule has 0 aliphatic heterocycles. The Morgan fingerprint density at radius 3 is 2.25 bits per heavy atom. The van der Waals surface area contributed by atoms with E-state index in [1.165, 1.54) is 36.4 Å². The lowest BCUT2D eigenvalue weighted by Crippen LogP contribution is -2.39. The Morgan fingerprint density at radius 2 is 1.68 bits per heavy atom. The minimum atomic E-state index is -2.77. The van der Waals surface area contributed by atoms with Crippen molar-refractivity contribution in [3.63, 3.8) is 0 Å². The van der Waals surface area contributed by atoms with Crippen LogP contribution in [0.3, 0.4) is 0 Å². The van der Waals surface area contributed by atoms with Gasteiger partial charge >= 0.3 is 5.69 Å². The summed E-state index contributed by atoms with van der Waals surface area (Å²) in [6.45, 7) is -1.37. The number of ether oxygens (including phenoxy) is 1. The number of non-ortho nitro benzene ring substituents is 1. The highest BCUT2D eigenvalue weighted by Crippen LogP contribution is 2.38. The fourth-order valence-electron chi connectivity index (χ4n) is 4.54. The van der Waals surface area contributed by atoms with E-state index < -0.39 is 52.9 Å². The molecule has 2 aromatic carbocycles. The normalized spacial score (nSPS) is 11.5. The maximum atomic E-state index is 14.8. The fourth-order valence-corrected chi connectivity index (χ4v) is 5.85. The first-order valence-corrected chi connectivity index (χ1v) is 13.7. The molecular formula is C28H22F4N6O5S. The molecule has 0 fully saturated rings. The Balaban J connectivity index is 1.81. The van der Waals surface area contributed by atoms with Crippen LogP contribution in [0.2, 0.25) is 0 Å². The Morgan fingerprint density at radius 1 is 1.00 bits per heavy atom. The molecule has 3 aromatic heterocycles. The van der Waals surface area contributed by atoms with E-state index in [4.69, 9.17) is 4.74 Å². The summed E-state index contributed by atoms with van der Waals surface area (Å²) in [4.78, 5) is 41.1. The van der Waals surface area contributed by atoms with E-state index >= 15 is 0 Å². The SMILES string of the molecule is CN(C)Cc1c(-c2ccc([N+](=O)[O-])cc2)sc2c1c(=O)n(-c1ccc(OCC(F)F)nn1)c(=O)n2Cc1c(F)cccc1F. The van der Waals surface area contributed by atoms with E-state index in [0.29, 0.717) is 20.6 Å². The average molecular weight is 631 g/mol. The van der Waals surface area contributed by atoms with Crippen LogP contribution >= 0.6 is 11.3 Å². The van der Waals surface area contributed by atoms with E-state index in [-0.39, 0.29) is 34.1 Å². The molecule has 11 nitrogen and oxygen atoms in total. The summed E-state index contributed by atoms with van der Waals surface area (Å²) in [5, 5.41) is 18.8. The van der Waals surface area contributed by atoms with Crippen molar-refractivity contribution in [2.45, 2.75) is 19.5 Å². The van der Waals surface area contributed by atoms with Gasteiger partial charge in [-0.3, -0.25) is 19.5 Å². The van der Waals surface area contributed by atoms with E-state index in [9.17, 15) is 37.3 Å². The van der Waals surface area contributed by atoms with Crippen LogP contribution in [0.15, 0.2) is 64.2 Å². The Labute approximate surface area is 249 Å². The molecule has 0 saturated carbocycles. The second-order valence-corrected chi connectivity index (χ2v) is 10.8. The van der Waals surface area contributed by atoms with Crippen LogP contribution in [0.1, 0.15) is 11.1 Å². The van der Waals surface area contributed by atoms with Crippen molar-refractivity contribution >= 4 is 27.2 Å². The van der Waals surface area contributed by atoms with Crippen LogP contribution in [0, 0.1) is 21.7 Å². The first-order chi connectivity index (χ1) is 21.0. The molecule has 0 spiro atoms. The third-order valence-corrected chi connectivity index (χ3v) is 7.78. The Kier molecular flexibility index (Phi) is 8.55. The van der Waals surface area contributed by atoms with E-state index in [2.05, 4.69) is 10.2 Å². The van der Waals surface area contributed by atoms with Gasteiger partial charge in [0.2, 0.25) is 5.88 Å². The van der Waals surface area contributed by atoms with Crippen LogP contribution < -0.4 is 16.0 Å². The molecule has 5 rings (SSSR count). The number of alkyl halides is 2. The summed E-state index contributed by atoms with van der Waals surface area (Å²) in [5.74, 6) is -2.39. The number of nitro groups is 1. The van der Waals surface area contributed by atoms with Crippen LogP contribution in [-0.2, 0) is 13.1 Å². The summed E-state index contributed by atoms with van der Waals surface area (Å²) in [6, 6.07) is 11.2. The number of nitro benzene ring substituents is 1. The molecule has 0 N–H and O–H groups in total. The van der Waals surface area contributed by atoms with Crippen LogP contribution in [0.5, 0.6) is 5.88 Å². The number of rotatable bonds is 10. The number of aromatic nitrogens is 4. The molecule has 0 aliphatic carbocycles. The molecule has 44 heavy (non-hydrogen) atoms. The molecule has 0 bridgehead atoms. The molecular weight excluding hydrogens is 608 g/mol. The van der Waals surface area contributed by atoms with Gasteiger partial charge in [0.05, 0.1) is 16.9 Å². The molecule has 0 saturated heterocycles. The lowest BCUT2D eigenvalue weighted by atomic mass is 10.1. The molecule has 0 radical (unpaired) electrons. The van der Waals surface area contributed by atoms with Gasteiger partial charge < -0.3 is 9.64 Å². The average Bonchev–Trinajstić information content (AvgIpc) is 3.34. The summed E-state index contributed by atoms with van der Waals surface area (Å²) in [7, 11) is 3.49. The van der Waals surface area contributed by atoms with Crippen LogP contribution in [0.25, 0.3) is 26.5 Å². The molecule has 5 aromatic rings. The van der Waals surface area contributed by atoms with E-state index in [0.717, 1.165) is 34.1 Å². The van der Waals surface area contributed by atoms with Crippen molar-refractivity contribution in [2.24, 2.45) is 0 Å². The van der Waals surface area contributed by atoms with Crippen molar-refractivity contribution in [3.05, 3.63) is 108 Å². The minimum absolute atomic E-state index is 0.0493. The lowest BCUT2D eigenvalue weighted by molar-refractivity contribution is -0.384. The van der Waals surface area contributed by atoms with E-state index in [1.54, 1.807) is 19.0 Å². The molecule has 3 heterocycles. The maximum Gasteiger partial charge on any atom is 0.338 e. The Bertz CT molecular complexity index is 1950. The van der Waals surface area contributed by atoms with Gasteiger partial charge in [0.25, 0.3) is 17.7 Å². The van der Waals surface area contributed by atoms with Gasteiger partial charge in [-0.25, -0.2) is 26.9 Å². The number of nitrogens with zero attached hydrogens (tertiary/aromatic N) is 6. The maximum absolute atomic E-state index is 14.8. The van der Waals surface area contributed by atoms with Gasteiger partial charge in [0.1, 0.15) is 16.5 Å². The first-order valence-electron chi connectivity index (χ1n) is 12.8. The molecule has 0 amide bonds. The predicted molar refractivity (Wildman–Crippen MR) is 154 cm³/mol. The highest BCUT2D eigenvalue weighted by molar-refractivity contribution is 7.22. The summed E-state index contributed by atoms with van der Waals surface area (Å²) >= 11 is 1.02. The molecule has 0 aliphatic rings. The molecule has 228 valence electrons. The quantitative estimate of drug-likeness (QED) is 0.125. The number of halogens is 4. The summed E-state index contributed by atoms with van der Waals surface area (Å²) in [5.41, 5.74) is -1.42. The van der Waals surface area contributed by atoms with Gasteiger partial charge in [-0.15, -0.1) is 21.5 Å². The third kappa shape index (κ3) is 5.93. The third-order valence-electron chi connectivity index (χ3n) is 6.48. The summed E-state index contributed by atoms with van der Waals surface area (Å²) < 4.78 is 61.3. The number of hydrogen-bond acceptors (Lipinski definition) is 9. The predicted octanol–water partition coefficient (Wildman–Crippen LogP) is 4.61. The summed E-state index contributed by atoms with van der Waals surface area (Å²) in [6.07, 6.45) is -2.77. The van der Waals surface area contributed by atoms with Crippen molar-refractivity contribution in [3.8, 4) is 22.1 Å². The number of hydrogen-bond donors (Lipinski definition) is 0. The number of thiophene rings is 1. The Hall–Kier alpha value is -4.96. The van der Waals surface area contributed by atoms with Gasteiger partial charge in [0, 0.05) is 35.2 Å². The highest BCUT2D eigenvalue weighted by Gasteiger charge is 2.26. The van der Waals surface area contributed by atoms with Gasteiger partial charge in [-0.1, -0.05) is 6.07 Å². The molecule has 0 atom stereocenters. The zero-order chi connectivity index (χ0) is 31.7. The monoisotopic (exact) mass is 630 g/mol. The van der Waals surface area contributed by atoms with Crippen molar-refractivity contribution in [2.75, 3.05) is 20.7 Å². The van der Waals surface area contributed by atoms with Crippen molar-refractivity contribution in [1.29, 1.82) is 0 Å². The lowest BCUT2D eigenvalue weighted by Gasteiger charge is -2.14. The first kappa shape index (κ1) is 30.5. The topological polar surface area (TPSA) is 125 Å². The number of benzene rings is 2. The zero-order valence-corrected chi connectivity index (χ0v) is 23.9. The highest BCUT2D eigenvalue weighted by atomic mass is 32.1. The number of fused-ring (bicyclic) bond motifs is 1. The van der Waals surface area contributed by atoms with Crippen molar-refractivity contribution in [1.82, 2.24) is 24.2 Å². The zero-order valence-electron chi connectivity index (χ0n) is 23.0. The molecule has 16 heteroatoms. The second-order valence-electron chi connectivity index (χ2n) is 9.77. The minimum Gasteiger partial charge on any atom is -0.471 e. The van der Waals surface area contributed by atoms with Crippen molar-refractivity contribution < 1.29 is 27.2 Å².